The van der Waals surface area contributed by atoms with Crippen molar-refractivity contribution in [2.45, 2.75) is 25.5 Å². The zero-order valence-electron chi connectivity index (χ0n) is 10.1. The van der Waals surface area contributed by atoms with Gasteiger partial charge in [-0.1, -0.05) is 23.2 Å². The predicted molar refractivity (Wildman–Crippen MR) is 79.8 cm³/mol. The van der Waals surface area contributed by atoms with Crippen LogP contribution >= 0.6 is 46.3 Å². The fraction of sp³-hybridized carbons (Fsp3) is 0.636. The van der Waals surface area contributed by atoms with Crippen LogP contribution in [0.25, 0.3) is 0 Å². The molecule has 17 heavy (non-hydrogen) atoms. The van der Waals surface area contributed by atoms with Crippen LogP contribution in [-0.2, 0) is 0 Å². The Balaban J connectivity index is 2.55. The normalized spacial score (nSPS) is 16.8. The zero-order valence-corrected chi connectivity index (χ0v) is 13.2. The van der Waals surface area contributed by atoms with Crippen LogP contribution in [0.1, 0.15) is 25.5 Å². The Morgan fingerprint density at radius 2 is 2.24 bits per heavy atom. The van der Waals surface area contributed by atoms with Crippen molar-refractivity contribution in [1.29, 1.82) is 0 Å². The number of thioether (sulfide) groups is 1. The number of hydrogen-bond donors (Lipinski definition) is 2. The Morgan fingerprint density at radius 1 is 1.59 bits per heavy atom. The highest BCUT2D eigenvalue weighted by Crippen LogP contribution is 2.34. The SMILES string of the molecule is CSCC(C)(O)CNC(C)c1cc(Cl)sc1Cl. The van der Waals surface area contributed by atoms with Gasteiger partial charge in [0, 0.05) is 18.3 Å². The molecule has 0 aliphatic carbocycles. The zero-order chi connectivity index (χ0) is 13.1. The topological polar surface area (TPSA) is 32.3 Å². The fourth-order valence-corrected chi connectivity index (χ4v) is 3.86. The molecule has 2 N–H and O–H groups in total. The van der Waals surface area contributed by atoms with Crippen LogP contribution < -0.4 is 5.32 Å². The maximum Gasteiger partial charge on any atom is 0.0991 e. The molecule has 6 heteroatoms. The van der Waals surface area contributed by atoms with Gasteiger partial charge in [0.15, 0.2) is 0 Å². The molecular weight excluding hydrogens is 297 g/mol. The van der Waals surface area contributed by atoms with Gasteiger partial charge in [-0.15, -0.1) is 11.3 Å². The lowest BCUT2D eigenvalue weighted by Gasteiger charge is -2.25. The molecule has 0 saturated carbocycles. The van der Waals surface area contributed by atoms with Gasteiger partial charge in [-0.25, -0.2) is 0 Å². The van der Waals surface area contributed by atoms with Gasteiger partial charge < -0.3 is 10.4 Å². The molecule has 98 valence electrons. The molecule has 0 amide bonds. The van der Waals surface area contributed by atoms with E-state index in [0.717, 1.165) is 5.56 Å². The predicted octanol–water partition coefficient (Wildman–Crippen LogP) is 3.82. The number of nitrogens with one attached hydrogen (secondary N) is 1. The molecule has 0 radical (unpaired) electrons. The molecule has 0 spiro atoms. The second kappa shape index (κ2) is 6.64. The first kappa shape index (κ1) is 15.6. The van der Waals surface area contributed by atoms with Crippen LogP contribution in [0.4, 0.5) is 0 Å². The standard InChI is InChI=1S/C11H17Cl2NOS2/c1-7(8-4-9(12)17-10(8)13)14-5-11(2,15)6-16-3/h4,7,14-15H,5-6H2,1-3H3. The molecule has 0 fully saturated rings. The lowest BCUT2D eigenvalue weighted by atomic mass is 10.1. The Hall–Kier alpha value is 0.550. The van der Waals surface area contributed by atoms with Crippen molar-refractivity contribution >= 4 is 46.3 Å². The van der Waals surface area contributed by atoms with E-state index in [0.29, 0.717) is 21.0 Å². The van der Waals surface area contributed by atoms with E-state index in [1.807, 2.05) is 26.2 Å². The van der Waals surface area contributed by atoms with Crippen molar-refractivity contribution in [1.82, 2.24) is 5.32 Å². The first-order chi connectivity index (χ1) is 7.85. The average molecular weight is 314 g/mol. The molecule has 1 rings (SSSR count). The third-order valence-corrected chi connectivity index (χ3v) is 4.82. The summed E-state index contributed by atoms with van der Waals surface area (Å²) in [5.41, 5.74) is 0.279. The molecule has 0 aliphatic heterocycles. The van der Waals surface area contributed by atoms with E-state index < -0.39 is 5.60 Å². The first-order valence-corrected chi connectivity index (χ1v) is 8.22. The molecule has 1 aromatic rings. The quantitative estimate of drug-likeness (QED) is 0.837. The van der Waals surface area contributed by atoms with E-state index in [1.165, 1.54) is 11.3 Å². The van der Waals surface area contributed by atoms with E-state index >= 15 is 0 Å². The molecule has 0 aliphatic rings. The maximum atomic E-state index is 10.0. The molecule has 0 aromatic carbocycles. The van der Waals surface area contributed by atoms with E-state index in [-0.39, 0.29) is 6.04 Å². The van der Waals surface area contributed by atoms with Gasteiger partial charge >= 0.3 is 0 Å². The highest BCUT2D eigenvalue weighted by Gasteiger charge is 2.21. The monoisotopic (exact) mass is 313 g/mol. The fourth-order valence-electron chi connectivity index (χ4n) is 1.49. The van der Waals surface area contributed by atoms with Gasteiger partial charge in [0.25, 0.3) is 0 Å². The number of halogens is 2. The summed E-state index contributed by atoms with van der Waals surface area (Å²) < 4.78 is 1.40. The molecule has 1 heterocycles. The number of aliphatic hydroxyl groups is 1. The van der Waals surface area contributed by atoms with E-state index in [9.17, 15) is 5.11 Å². The van der Waals surface area contributed by atoms with E-state index in [1.54, 1.807) is 11.8 Å². The van der Waals surface area contributed by atoms with Crippen LogP contribution in [0.3, 0.4) is 0 Å². The second-order valence-corrected chi connectivity index (χ2v) is 7.46. The lowest BCUT2D eigenvalue weighted by Crippen LogP contribution is -2.40. The molecular formula is C11H17Cl2NOS2. The minimum atomic E-state index is -0.708. The van der Waals surface area contributed by atoms with Crippen molar-refractivity contribution in [2.75, 3.05) is 18.6 Å². The summed E-state index contributed by atoms with van der Waals surface area (Å²) in [6.07, 6.45) is 1.98. The Labute approximate surface area is 121 Å². The van der Waals surface area contributed by atoms with Crippen molar-refractivity contribution in [2.24, 2.45) is 0 Å². The summed E-state index contributed by atoms with van der Waals surface area (Å²) in [6.45, 7) is 4.36. The molecule has 0 saturated heterocycles. The van der Waals surface area contributed by atoms with Gasteiger partial charge in [-0.3, -0.25) is 0 Å². The Morgan fingerprint density at radius 3 is 2.71 bits per heavy atom. The minimum absolute atomic E-state index is 0.0829. The maximum absolute atomic E-state index is 10.0. The van der Waals surface area contributed by atoms with Crippen molar-refractivity contribution in [3.05, 3.63) is 20.3 Å². The van der Waals surface area contributed by atoms with Crippen LogP contribution in [-0.4, -0.2) is 29.3 Å². The van der Waals surface area contributed by atoms with Gasteiger partial charge in [0.2, 0.25) is 0 Å². The summed E-state index contributed by atoms with van der Waals surface area (Å²) in [7, 11) is 0. The molecule has 1 aromatic heterocycles. The third kappa shape index (κ3) is 4.97. The van der Waals surface area contributed by atoms with Crippen LogP contribution in [0.15, 0.2) is 6.07 Å². The van der Waals surface area contributed by atoms with Crippen LogP contribution in [0, 0.1) is 0 Å². The summed E-state index contributed by atoms with van der Waals surface area (Å²) in [5.74, 6) is 0.699. The highest BCUT2D eigenvalue weighted by atomic mass is 35.5. The van der Waals surface area contributed by atoms with Crippen molar-refractivity contribution in [3.63, 3.8) is 0 Å². The molecule has 0 bridgehead atoms. The largest absolute Gasteiger partial charge is 0.388 e. The average Bonchev–Trinajstić information content (AvgIpc) is 2.54. The summed E-state index contributed by atoms with van der Waals surface area (Å²) in [5, 5.41) is 13.3. The number of rotatable bonds is 6. The Bertz CT molecular complexity index is 368. The molecule has 2 unspecified atom stereocenters. The summed E-state index contributed by atoms with van der Waals surface area (Å²) in [4.78, 5) is 0. The number of thiophene rings is 1. The van der Waals surface area contributed by atoms with Gasteiger partial charge in [0.1, 0.15) is 0 Å². The van der Waals surface area contributed by atoms with E-state index in [4.69, 9.17) is 23.2 Å². The molecule has 2 nitrogen and oxygen atoms in total. The lowest BCUT2D eigenvalue weighted by molar-refractivity contribution is 0.0821. The first-order valence-electron chi connectivity index (χ1n) is 5.25. The minimum Gasteiger partial charge on any atom is -0.388 e. The number of hydrogen-bond acceptors (Lipinski definition) is 4. The van der Waals surface area contributed by atoms with Gasteiger partial charge in [-0.05, 0) is 31.7 Å². The highest BCUT2D eigenvalue weighted by molar-refractivity contribution is 7.98. The van der Waals surface area contributed by atoms with Crippen molar-refractivity contribution in [3.8, 4) is 0 Å². The van der Waals surface area contributed by atoms with Crippen LogP contribution in [0.2, 0.25) is 8.67 Å². The van der Waals surface area contributed by atoms with Crippen molar-refractivity contribution < 1.29 is 5.11 Å². The van der Waals surface area contributed by atoms with Crippen LogP contribution in [0.5, 0.6) is 0 Å². The van der Waals surface area contributed by atoms with Gasteiger partial charge in [0.05, 0.1) is 14.3 Å². The second-order valence-electron chi connectivity index (χ2n) is 4.31. The van der Waals surface area contributed by atoms with Gasteiger partial charge in [-0.2, -0.15) is 11.8 Å². The summed E-state index contributed by atoms with van der Waals surface area (Å²) in [6, 6.07) is 1.95. The summed E-state index contributed by atoms with van der Waals surface area (Å²) >= 11 is 15.0. The molecule has 2 atom stereocenters. The Kier molecular flexibility index (Phi) is 6.10. The van der Waals surface area contributed by atoms with E-state index in [2.05, 4.69) is 5.32 Å². The smallest absolute Gasteiger partial charge is 0.0991 e. The third-order valence-electron chi connectivity index (χ3n) is 2.39.